The first kappa shape index (κ1) is 12.4. The molecule has 1 unspecified atom stereocenters. The van der Waals surface area contributed by atoms with Gasteiger partial charge in [-0.3, -0.25) is 0 Å². The molecular formula is C7H12N2O4S2. The smallest absolute Gasteiger partial charge is 0.227 e. The molecule has 15 heavy (non-hydrogen) atoms. The van der Waals surface area contributed by atoms with E-state index in [-0.39, 0.29) is 18.1 Å². The van der Waals surface area contributed by atoms with Gasteiger partial charge in [0.1, 0.15) is 0 Å². The number of hydrogen-bond acceptors (Lipinski definition) is 5. The van der Waals surface area contributed by atoms with Crippen molar-refractivity contribution in [2.45, 2.75) is 13.0 Å². The van der Waals surface area contributed by atoms with E-state index in [1.165, 1.54) is 6.92 Å². The molecule has 1 aliphatic heterocycles. The van der Waals surface area contributed by atoms with Crippen molar-refractivity contribution in [3.63, 3.8) is 0 Å². The van der Waals surface area contributed by atoms with E-state index in [9.17, 15) is 16.8 Å². The quantitative estimate of drug-likeness (QED) is 0.625. The number of sulfonamides is 1. The molecule has 0 spiro atoms. The van der Waals surface area contributed by atoms with Crippen LogP contribution in [0.1, 0.15) is 6.92 Å². The summed E-state index contributed by atoms with van der Waals surface area (Å²) in [5.74, 6) is -0.933. The van der Waals surface area contributed by atoms with Gasteiger partial charge in [0.25, 0.3) is 0 Å². The Balaban J connectivity index is 2.89. The Hall–Kier alpha value is -0.650. The van der Waals surface area contributed by atoms with Crippen molar-refractivity contribution in [2.75, 3.05) is 23.8 Å². The van der Waals surface area contributed by atoms with E-state index >= 15 is 0 Å². The number of nitriles is 1. The average molecular weight is 252 g/mol. The van der Waals surface area contributed by atoms with Crippen LogP contribution in [0.5, 0.6) is 0 Å². The van der Waals surface area contributed by atoms with E-state index in [1.54, 1.807) is 6.07 Å². The summed E-state index contributed by atoms with van der Waals surface area (Å²) in [6, 6.07) is 0.986. The maximum absolute atomic E-state index is 11.5. The van der Waals surface area contributed by atoms with Gasteiger partial charge in [-0.25, -0.2) is 16.8 Å². The molecule has 0 aromatic rings. The zero-order chi connectivity index (χ0) is 11.7. The minimum atomic E-state index is -3.62. The molecule has 8 heteroatoms. The van der Waals surface area contributed by atoms with Gasteiger partial charge < -0.3 is 0 Å². The second kappa shape index (κ2) is 4.08. The third-order valence-electron chi connectivity index (χ3n) is 2.21. The van der Waals surface area contributed by atoms with Crippen LogP contribution in [0.4, 0.5) is 0 Å². The summed E-state index contributed by atoms with van der Waals surface area (Å²) >= 11 is 0. The Morgan fingerprint density at radius 2 is 2.13 bits per heavy atom. The number of sulfone groups is 1. The molecule has 0 radical (unpaired) electrons. The summed E-state index contributed by atoms with van der Waals surface area (Å²) in [6.07, 6.45) is 0. The van der Waals surface area contributed by atoms with Gasteiger partial charge in [0.2, 0.25) is 10.0 Å². The molecular weight excluding hydrogens is 240 g/mol. The van der Waals surface area contributed by atoms with Crippen molar-refractivity contribution >= 4 is 19.9 Å². The normalized spacial score (nSPS) is 27.1. The van der Waals surface area contributed by atoms with Gasteiger partial charge in [-0.15, -0.1) is 0 Å². The molecule has 1 saturated heterocycles. The maximum atomic E-state index is 11.5. The summed E-state index contributed by atoms with van der Waals surface area (Å²) in [6.45, 7) is 1.49. The zero-order valence-electron chi connectivity index (χ0n) is 8.25. The maximum Gasteiger partial charge on any atom is 0.227 e. The van der Waals surface area contributed by atoms with Gasteiger partial charge in [-0.05, 0) is 6.92 Å². The molecule has 0 saturated carbocycles. The van der Waals surface area contributed by atoms with Gasteiger partial charge in [0.15, 0.2) is 15.6 Å². The van der Waals surface area contributed by atoms with Crippen LogP contribution >= 0.6 is 0 Å². The van der Waals surface area contributed by atoms with Crippen molar-refractivity contribution in [3.05, 3.63) is 0 Å². The van der Waals surface area contributed by atoms with E-state index in [0.717, 1.165) is 4.31 Å². The molecule has 0 amide bonds. The van der Waals surface area contributed by atoms with Crippen LogP contribution in [0.15, 0.2) is 0 Å². The fourth-order valence-electron chi connectivity index (χ4n) is 1.56. The molecule has 0 N–H and O–H groups in total. The van der Waals surface area contributed by atoms with Crippen LogP contribution in [-0.2, 0) is 19.9 Å². The van der Waals surface area contributed by atoms with Crippen LogP contribution in [0, 0.1) is 11.3 Å². The predicted octanol–water partition coefficient (Wildman–Crippen LogP) is -1.04. The topological polar surface area (TPSA) is 95.3 Å². The zero-order valence-corrected chi connectivity index (χ0v) is 9.88. The largest absolute Gasteiger partial charge is 0.229 e. The minimum absolute atomic E-state index is 0.0481. The molecule has 1 rings (SSSR count). The molecule has 6 nitrogen and oxygen atoms in total. The Labute approximate surface area is 89.5 Å². The van der Waals surface area contributed by atoms with E-state index in [0.29, 0.717) is 0 Å². The highest BCUT2D eigenvalue weighted by Crippen LogP contribution is 2.15. The minimum Gasteiger partial charge on any atom is -0.229 e. The van der Waals surface area contributed by atoms with Crippen molar-refractivity contribution in [3.8, 4) is 6.07 Å². The Kier molecular flexibility index (Phi) is 3.38. The molecule has 86 valence electrons. The standard InChI is InChI=1S/C7H12N2O4S2/c1-7-6-14(10,11)5-3-9(7)15(12,13)4-2-8/h7H,3-6H2,1H3. The summed E-state index contributed by atoms with van der Waals surface area (Å²) in [5, 5.41) is 8.35. The first-order valence-corrected chi connectivity index (χ1v) is 7.78. The van der Waals surface area contributed by atoms with Gasteiger partial charge in [0, 0.05) is 12.6 Å². The van der Waals surface area contributed by atoms with Gasteiger partial charge in [-0.1, -0.05) is 0 Å². The van der Waals surface area contributed by atoms with Crippen molar-refractivity contribution in [1.29, 1.82) is 5.26 Å². The monoisotopic (exact) mass is 252 g/mol. The fourth-order valence-corrected chi connectivity index (χ4v) is 4.65. The Morgan fingerprint density at radius 1 is 1.53 bits per heavy atom. The number of nitrogens with zero attached hydrogens (tertiary/aromatic N) is 2. The average Bonchev–Trinajstić information content (AvgIpc) is 2.00. The van der Waals surface area contributed by atoms with E-state index in [4.69, 9.17) is 5.26 Å². The van der Waals surface area contributed by atoms with E-state index in [1.807, 2.05) is 0 Å². The van der Waals surface area contributed by atoms with E-state index < -0.39 is 31.7 Å². The predicted molar refractivity (Wildman–Crippen MR) is 54.2 cm³/mol. The number of hydrogen-bond donors (Lipinski definition) is 0. The van der Waals surface area contributed by atoms with Crippen LogP contribution in [0.3, 0.4) is 0 Å². The van der Waals surface area contributed by atoms with Gasteiger partial charge >= 0.3 is 0 Å². The lowest BCUT2D eigenvalue weighted by Gasteiger charge is -2.31. The molecule has 0 aromatic heterocycles. The number of rotatable bonds is 2. The molecule has 1 atom stereocenters. The summed E-state index contributed by atoms with van der Waals surface area (Å²) in [4.78, 5) is 0. The summed E-state index contributed by atoms with van der Waals surface area (Å²) in [5.41, 5.74) is 0. The van der Waals surface area contributed by atoms with Crippen molar-refractivity contribution in [1.82, 2.24) is 4.31 Å². The lowest BCUT2D eigenvalue weighted by Crippen LogP contribution is -2.50. The summed E-state index contributed by atoms with van der Waals surface area (Å²) < 4.78 is 46.5. The second-order valence-electron chi connectivity index (χ2n) is 3.49. The first-order valence-electron chi connectivity index (χ1n) is 4.35. The van der Waals surface area contributed by atoms with Crippen LogP contribution < -0.4 is 0 Å². The Morgan fingerprint density at radius 3 is 2.60 bits per heavy atom. The van der Waals surface area contributed by atoms with Crippen molar-refractivity contribution in [2.24, 2.45) is 0 Å². The third-order valence-corrected chi connectivity index (χ3v) is 5.76. The molecule has 1 heterocycles. The van der Waals surface area contributed by atoms with Gasteiger partial charge in [0.05, 0.1) is 17.6 Å². The third kappa shape index (κ3) is 2.90. The van der Waals surface area contributed by atoms with Crippen LogP contribution in [0.25, 0.3) is 0 Å². The lowest BCUT2D eigenvalue weighted by atomic mass is 10.4. The van der Waals surface area contributed by atoms with Crippen LogP contribution in [-0.4, -0.2) is 51.0 Å². The second-order valence-corrected chi connectivity index (χ2v) is 7.64. The fraction of sp³-hybridized carbons (Fsp3) is 0.857. The van der Waals surface area contributed by atoms with Crippen LogP contribution in [0.2, 0.25) is 0 Å². The molecule has 1 fully saturated rings. The highest BCUT2D eigenvalue weighted by Gasteiger charge is 2.35. The lowest BCUT2D eigenvalue weighted by molar-refractivity contribution is 0.358. The van der Waals surface area contributed by atoms with Crippen molar-refractivity contribution < 1.29 is 16.8 Å². The SMILES string of the molecule is CC1CS(=O)(=O)CCN1S(=O)(=O)CC#N. The molecule has 1 aliphatic rings. The Bertz CT molecular complexity index is 474. The highest BCUT2D eigenvalue weighted by atomic mass is 32.2. The van der Waals surface area contributed by atoms with E-state index in [2.05, 4.69) is 0 Å². The molecule has 0 aromatic carbocycles. The highest BCUT2D eigenvalue weighted by molar-refractivity contribution is 7.92. The molecule has 0 bridgehead atoms. The molecule has 0 aliphatic carbocycles. The summed E-state index contributed by atoms with van der Waals surface area (Å²) in [7, 11) is -6.75. The van der Waals surface area contributed by atoms with Gasteiger partial charge in [-0.2, -0.15) is 9.57 Å². The first-order chi connectivity index (χ1) is 6.78.